The molecule has 0 spiro atoms. The van der Waals surface area contributed by atoms with Crippen molar-refractivity contribution in [1.82, 2.24) is 9.80 Å². The van der Waals surface area contributed by atoms with E-state index in [1.807, 2.05) is 14.1 Å². The number of rotatable bonds is 3. The molecule has 2 heterocycles. The molecule has 0 aromatic rings. The van der Waals surface area contributed by atoms with E-state index in [9.17, 15) is 4.79 Å². The molecule has 2 saturated heterocycles. The molecule has 2 aliphatic rings. The Kier molecular flexibility index (Phi) is 3.26. The van der Waals surface area contributed by atoms with Crippen LogP contribution in [-0.4, -0.2) is 61.6 Å². The van der Waals surface area contributed by atoms with Gasteiger partial charge in [0.1, 0.15) is 0 Å². The molecule has 2 aliphatic heterocycles. The minimum Gasteiger partial charge on any atom is -0.372 e. The number of nitrogens with zero attached hydrogens (tertiary/aromatic N) is 2. The molecular formula is C11H20N2O2. The molecule has 1 amide bonds. The Morgan fingerprint density at radius 3 is 2.80 bits per heavy atom. The monoisotopic (exact) mass is 212 g/mol. The van der Waals surface area contributed by atoms with Crippen LogP contribution in [0, 0.1) is 0 Å². The highest BCUT2D eigenvalue weighted by Gasteiger charge is 2.34. The molecule has 0 aromatic heterocycles. The number of carbonyl (C=O) groups is 1. The van der Waals surface area contributed by atoms with Crippen LogP contribution in [0.2, 0.25) is 0 Å². The molecule has 2 atom stereocenters. The van der Waals surface area contributed by atoms with Crippen molar-refractivity contribution in [3.8, 4) is 0 Å². The lowest BCUT2D eigenvalue weighted by atomic mass is 10.0. The Bertz CT molecular complexity index is 239. The van der Waals surface area contributed by atoms with E-state index in [1.54, 1.807) is 4.90 Å². The first-order chi connectivity index (χ1) is 7.18. The second-order valence-corrected chi connectivity index (χ2v) is 4.69. The predicted octanol–water partition coefficient (Wildman–Crippen LogP) is 0.328. The summed E-state index contributed by atoms with van der Waals surface area (Å²) in [5, 5.41) is 0. The van der Waals surface area contributed by atoms with Gasteiger partial charge >= 0.3 is 0 Å². The molecular weight excluding hydrogens is 192 g/mol. The van der Waals surface area contributed by atoms with E-state index in [2.05, 4.69) is 4.90 Å². The lowest BCUT2D eigenvalue weighted by molar-refractivity contribution is -0.135. The highest BCUT2D eigenvalue weighted by molar-refractivity contribution is 5.81. The predicted molar refractivity (Wildman–Crippen MR) is 57.6 cm³/mol. The fourth-order valence-electron chi connectivity index (χ4n) is 2.22. The first-order valence-electron chi connectivity index (χ1n) is 5.75. The van der Waals surface area contributed by atoms with E-state index in [0.29, 0.717) is 6.10 Å². The van der Waals surface area contributed by atoms with Crippen molar-refractivity contribution in [3.05, 3.63) is 0 Å². The quantitative estimate of drug-likeness (QED) is 0.632. The lowest BCUT2D eigenvalue weighted by Gasteiger charge is -2.35. The van der Waals surface area contributed by atoms with E-state index in [0.717, 1.165) is 26.1 Å². The number of ether oxygens (including phenoxy) is 1. The molecule has 0 N–H and O–H groups in total. The lowest BCUT2D eigenvalue weighted by Crippen LogP contribution is -2.50. The van der Waals surface area contributed by atoms with Crippen LogP contribution in [0.3, 0.4) is 0 Å². The van der Waals surface area contributed by atoms with Gasteiger partial charge in [0.05, 0.1) is 18.8 Å². The van der Waals surface area contributed by atoms with Gasteiger partial charge in [0.15, 0.2) is 0 Å². The van der Waals surface area contributed by atoms with Crippen molar-refractivity contribution in [3.63, 3.8) is 0 Å². The molecule has 2 rings (SSSR count). The average molecular weight is 212 g/mol. The zero-order valence-corrected chi connectivity index (χ0v) is 9.61. The van der Waals surface area contributed by atoms with Crippen LogP contribution in [0.15, 0.2) is 0 Å². The van der Waals surface area contributed by atoms with Gasteiger partial charge in [-0.25, -0.2) is 0 Å². The number of amides is 1. The molecule has 0 unspecified atom stereocenters. The molecule has 0 aliphatic carbocycles. The van der Waals surface area contributed by atoms with Gasteiger partial charge in [-0.3, -0.25) is 9.69 Å². The van der Waals surface area contributed by atoms with Gasteiger partial charge in [0.2, 0.25) is 5.91 Å². The number of hydrogen-bond donors (Lipinski definition) is 0. The Hall–Kier alpha value is -0.610. The summed E-state index contributed by atoms with van der Waals surface area (Å²) in [6, 6.07) is 0.0953. The minimum absolute atomic E-state index is 0.0953. The van der Waals surface area contributed by atoms with Crippen LogP contribution < -0.4 is 0 Å². The van der Waals surface area contributed by atoms with Crippen LogP contribution in [0.4, 0.5) is 0 Å². The van der Waals surface area contributed by atoms with Gasteiger partial charge < -0.3 is 9.64 Å². The third-order valence-electron chi connectivity index (χ3n) is 3.18. The summed E-state index contributed by atoms with van der Waals surface area (Å²) in [7, 11) is 3.67. The molecule has 0 saturated carbocycles. The largest absolute Gasteiger partial charge is 0.372 e. The summed E-state index contributed by atoms with van der Waals surface area (Å²) in [5.74, 6) is 0.246. The Balaban J connectivity index is 1.94. The summed E-state index contributed by atoms with van der Waals surface area (Å²) in [6.45, 7) is 2.85. The minimum atomic E-state index is 0.0953. The van der Waals surface area contributed by atoms with Crippen molar-refractivity contribution < 1.29 is 9.53 Å². The van der Waals surface area contributed by atoms with Gasteiger partial charge in [-0.2, -0.15) is 0 Å². The van der Waals surface area contributed by atoms with Gasteiger partial charge in [-0.05, 0) is 19.4 Å². The summed E-state index contributed by atoms with van der Waals surface area (Å²) in [6.07, 6.45) is 3.78. The van der Waals surface area contributed by atoms with Crippen LogP contribution in [0.1, 0.15) is 19.3 Å². The first kappa shape index (κ1) is 10.9. The number of carbonyl (C=O) groups excluding carboxylic acids is 1. The molecule has 0 aromatic carbocycles. The molecule has 2 fully saturated rings. The van der Waals surface area contributed by atoms with E-state index in [-0.39, 0.29) is 11.9 Å². The normalized spacial score (nSPS) is 31.3. The van der Waals surface area contributed by atoms with E-state index in [4.69, 9.17) is 4.74 Å². The fourth-order valence-corrected chi connectivity index (χ4v) is 2.22. The summed E-state index contributed by atoms with van der Waals surface area (Å²) >= 11 is 0. The van der Waals surface area contributed by atoms with Crippen LogP contribution in [0.5, 0.6) is 0 Å². The van der Waals surface area contributed by atoms with E-state index >= 15 is 0 Å². The summed E-state index contributed by atoms with van der Waals surface area (Å²) in [5.41, 5.74) is 0. The topological polar surface area (TPSA) is 36.1 Å². The number of hydrogen-bond acceptors (Lipinski definition) is 3. The highest BCUT2D eigenvalue weighted by atomic mass is 16.6. The maximum Gasteiger partial charge on any atom is 0.239 e. The number of likely N-dealkylation sites (N-methyl/N-ethyl adjacent to an activating group) is 1. The Morgan fingerprint density at radius 2 is 2.20 bits per heavy atom. The zero-order chi connectivity index (χ0) is 10.8. The molecule has 4 heteroatoms. The van der Waals surface area contributed by atoms with Crippen molar-refractivity contribution in [2.24, 2.45) is 0 Å². The number of piperidine rings is 1. The van der Waals surface area contributed by atoms with Crippen LogP contribution in [0.25, 0.3) is 0 Å². The second-order valence-electron chi connectivity index (χ2n) is 4.69. The first-order valence-corrected chi connectivity index (χ1v) is 5.75. The summed E-state index contributed by atoms with van der Waals surface area (Å²) < 4.78 is 5.23. The van der Waals surface area contributed by atoms with E-state index < -0.39 is 0 Å². The third kappa shape index (κ3) is 2.69. The average Bonchev–Trinajstić information content (AvgIpc) is 3.01. The third-order valence-corrected chi connectivity index (χ3v) is 3.18. The molecule has 0 bridgehead atoms. The van der Waals surface area contributed by atoms with Crippen LogP contribution in [-0.2, 0) is 9.53 Å². The molecule has 86 valence electrons. The van der Waals surface area contributed by atoms with Gasteiger partial charge in [-0.15, -0.1) is 0 Å². The smallest absolute Gasteiger partial charge is 0.239 e. The van der Waals surface area contributed by atoms with E-state index in [1.165, 1.54) is 12.8 Å². The molecule has 0 radical (unpaired) electrons. The molecule has 15 heavy (non-hydrogen) atoms. The van der Waals surface area contributed by atoms with Crippen molar-refractivity contribution in [2.75, 3.05) is 33.8 Å². The number of epoxide rings is 1. The Morgan fingerprint density at radius 1 is 1.47 bits per heavy atom. The maximum atomic E-state index is 12.0. The zero-order valence-electron chi connectivity index (χ0n) is 9.61. The number of likely N-dealkylation sites (tertiary alicyclic amines) is 1. The second kappa shape index (κ2) is 4.49. The molecule has 4 nitrogen and oxygen atoms in total. The fraction of sp³-hybridized carbons (Fsp3) is 0.909. The standard InChI is InChI=1S/C11H20N2O2/c1-12(2)11(14)10-5-3-4-6-13(10)7-9-8-15-9/h9-10H,3-8H2,1-2H3/t9-,10+/m1/s1. The van der Waals surface area contributed by atoms with Crippen LogP contribution >= 0.6 is 0 Å². The SMILES string of the molecule is CN(C)C(=O)[C@@H]1CCCCN1C[C@@H]1CO1. The Labute approximate surface area is 91.2 Å². The maximum absolute atomic E-state index is 12.0. The highest BCUT2D eigenvalue weighted by Crippen LogP contribution is 2.21. The van der Waals surface area contributed by atoms with Crippen molar-refractivity contribution >= 4 is 5.91 Å². The van der Waals surface area contributed by atoms with Crippen molar-refractivity contribution in [2.45, 2.75) is 31.4 Å². The summed E-state index contributed by atoms with van der Waals surface area (Å²) in [4.78, 5) is 16.0. The van der Waals surface area contributed by atoms with Gasteiger partial charge in [0, 0.05) is 20.6 Å². The van der Waals surface area contributed by atoms with Crippen molar-refractivity contribution in [1.29, 1.82) is 0 Å². The van der Waals surface area contributed by atoms with Gasteiger partial charge in [0.25, 0.3) is 0 Å². The van der Waals surface area contributed by atoms with Gasteiger partial charge in [-0.1, -0.05) is 6.42 Å².